The van der Waals surface area contributed by atoms with Gasteiger partial charge in [0.2, 0.25) is 15.8 Å². The summed E-state index contributed by atoms with van der Waals surface area (Å²) in [6.07, 6.45) is 3.19. The Morgan fingerprint density at radius 2 is 1.85 bits per heavy atom. The van der Waals surface area contributed by atoms with Crippen LogP contribution in [-0.2, 0) is 10.0 Å². The van der Waals surface area contributed by atoms with Gasteiger partial charge in [-0.25, -0.2) is 22.2 Å². The summed E-state index contributed by atoms with van der Waals surface area (Å²) >= 11 is 0. The van der Waals surface area contributed by atoms with E-state index in [-0.39, 0.29) is 11.3 Å². The number of fused-ring (bicyclic) bond motifs is 1. The third kappa shape index (κ3) is 4.70. The average molecular weight is 471 g/mol. The van der Waals surface area contributed by atoms with E-state index in [0.717, 1.165) is 17.8 Å². The number of hydrogen-bond acceptors (Lipinski definition) is 5. The summed E-state index contributed by atoms with van der Waals surface area (Å²) in [5.74, 6) is -3.55. The Morgan fingerprint density at radius 3 is 2.58 bits per heavy atom. The largest absolute Gasteiger partial charge is 0.354 e. The monoisotopic (exact) mass is 470 g/mol. The smallest absolute Gasteiger partial charge is 0.232 e. The second kappa shape index (κ2) is 8.99. The number of carbonyl (C=O) groups excluding carboxylic acids is 1. The number of benzene rings is 2. The number of rotatable bonds is 8. The zero-order chi connectivity index (χ0) is 23.6. The van der Waals surface area contributed by atoms with Crippen molar-refractivity contribution in [2.75, 3.05) is 15.8 Å². The molecule has 0 aliphatic carbocycles. The van der Waals surface area contributed by atoms with Crippen LogP contribution >= 0.6 is 0 Å². The van der Waals surface area contributed by atoms with Crippen molar-refractivity contribution in [1.29, 1.82) is 0 Å². The van der Waals surface area contributed by atoms with E-state index in [0.29, 0.717) is 23.1 Å². The molecule has 4 rings (SSSR count). The molecule has 10 heteroatoms. The highest BCUT2D eigenvalue weighted by molar-refractivity contribution is 7.92. The van der Waals surface area contributed by atoms with Crippen LogP contribution in [0.1, 0.15) is 29.3 Å². The SMILES string of the molecule is CCCS(=O)(=O)Nc1ccc(F)c(C(=O)c2c[nH]c3ncc(Nc4ccccc4)cc23)c1F. The summed E-state index contributed by atoms with van der Waals surface area (Å²) in [6.45, 7) is 1.65. The molecule has 7 nitrogen and oxygen atoms in total. The first-order valence-corrected chi connectivity index (χ1v) is 11.8. The number of sulfonamides is 1. The normalized spacial score (nSPS) is 11.5. The Kier molecular flexibility index (Phi) is 6.10. The van der Waals surface area contributed by atoms with Gasteiger partial charge in [0, 0.05) is 22.8 Å². The van der Waals surface area contributed by atoms with Gasteiger partial charge in [-0.15, -0.1) is 0 Å². The van der Waals surface area contributed by atoms with Crippen LogP contribution < -0.4 is 10.0 Å². The molecule has 0 unspecified atom stereocenters. The summed E-state index contributed by atoms with van der Waals surface area (Å²) < 4.78 is 55.8. The van der Waals surface area contributed by atoms with E-state index in [9.17, 15) is 17.6 Å². The minimum atomic E-state index is -3.83. The van der Waals surface area contributed by atoms with E-state index in [1.54, 1.807) is 19.2 Å². The molecule has 0 aliphatic rings. The van der Waals surface area contributed by atoms with Crippen LogP contribution in [0.3, 0.4) is 0 Å². The average Bonchev–Trinajstić information content (AvgIpc) is 3.20. The van der Waals surface area contributed by atoms with Gasteiger partial charge < -0.3 is 10.3 Å². The van der Waals surface area contributed by atoms with Crippen LogP contribution in [0.15, 0.2) is 60.9 Å². The first-order valence-electron chi connectivity index (χ1n) is 10.1. The van der Waals surface area contributed by atoms with Crippen LogP contribution in [0.4, 0.5) is 25.8 Å². The van der Waals surface area contributed by atoms with Gasteiger partial charge in [-0.1, -0.05) is 25.1 Å². The van der Waals surface area contributed by atoms with Gasteiger partial charge >= 0.3 is 0 Å². The van der Waals surface area contributed by atoms with Gasteiger partial charge in [-0.3, -0.25) is 9.52 Å². The minimum Gasteiger partial charge on any atom is -0.354 e. The molecule has 0 saturated carbocycles. The number of H-pyrrole nitrogens is 1. The highest BCUT2D eigenvalue weighted by Gasteiger charge is 2.26. The second-order valence-electron chi connectivity index (χ2n) is 7.35. The van der Waals surface area contributed by atoms with Crippen molar-refractivity contribution in [3.05, 3.63) is 83.7 Å². The molecule has 0 spiro atoms. The second-order valence-corrected chi connectivity index (χ2v) is 9.19. The number of nitrogens with zero attached hydrogens (tertiary/aromatic N) is 1. The molecule has 33 heavy (non-hydrogen) atoms. The van der Waals surface area contributed by atoms with Crippen molar-refractivity contribution >= 4 is 43.9 Å². The van der Waals surface area contributed by atoms with E-state index in [1.807, 2.05) is 30.3 Å². The standard InChI is InChI=1S/C23H20F2N4O3S/c1-2-10-33(31,32)29-19-9-8-18(24)20(21(19)25)22(30)17-13-27-23-16(17)11-15(12-26-23)28-14-6-4-3-5-7-14/h3-9,11-13,28-29H,2,10H2,1H3,(H,26,27). The predicted molar refractivity (Wildman–Crippen MR) is 123 cm³/mol. The van der Waals surface area contributed by atoms with Gasteiger partial charge in [0.05, 0.1) is 28.9 Å². The fourth-order valence-corrected chi connectivity index (χ4v) is 4.54. The van der Waals surface area contributed by atoms with Crippen LogP contribution in [0.2, 0.25) is 0 Å². The fourth-order valence-electron chi connectivity index (χ4n) is 3.41. The van der Waals surface area contributed by atoms with Crippen molar-refractivity contribution in [3.63, 3.8) is 0 Å². The molecule has 170 valence electrons. The van der Waals surface area contributed by atoms with E-state index in [2.05, 4.69) is 20.0 Å². The molecule has 0 atom stereocenters. The number of para-hydroxylation sites is 1. The minimum absolute atomic E-state index is 0.000534. The van der Waals surface area contributed by atoms with E-state index < -0.39 is 38.7 Å². The Morgan fingerprint density at radius 1 is 1.09 bits per heavy atom. The summed E-state index contributed by atoms with van der Waals surface area (Å²) in [7, 11) is -3.83. The molecule has 2 aromatic heterocycles. The van der Waals surface area contributed by atoms with Crippen LogP contribution in [0, 0.1) is 11.6 Å². The Balaban J connectivity index is 1.72. The Labute approximate surface area is 188 Å². The van der Waals surface area contributed by atoms with Crippen molar-refractivity contribution in [3.8, 4) is 0 Å². The molecule has 0 saturated heterocycles. The number of pyridine rings is 1. The molecule has 0 amide bonds. The van der Waals surface area contributed by atoms with Gasteiger partial charge in [0.15, 0.2) is 5.82 Å². The third-order valence-corrected chi connectivity index (χ3v) is 6.37. The quantitative estimate of drug-likeness (QED) is 0.316. The van der Waals surface area contributed by atoms with Gasteiger partial charge in [0.25, 0.3) is 0 Å². The topological polar surface area (TPSA) is 104 Å². The lowest BCUT2D eigenvalue weighted by atomic mass is 10.0. The summed E-state index contributed by atoms with van der Waals surface area (Å²) in [5, 5.41) is 3.51. The third-order valence-electron chi connectivity index (χ3n) is 4.89. The molecule has 2 heterocycles. The number of ketones is 1. The molecule has 3 N–H and O–H groups in total. The van der Waals surface area contributed by atoms with Crippen LogP contribution in [0.5, 0.6) is 0 Å². The molecule has 0 fully saturated rings. The lowest BCUT2D eigenvalue weighted by molar-refractivity contribution is 0.103. The van der Waals surface area contributed by atoms with E-state index >= 15 is 4.39 Å². The van der Waals surface area contributed by atoms with Crippen LogP contribution in [-0.4, -0.2) is 29.9 Å². The van der Waals surface area contributed by atoms with Crippen molar-refractivity contribution < 1.29 is 22.0 Å². The number of carbonyl (C=O) groups is 1. The summed E-state index contributed by atoms with van der Waals surface area (Å²) in [4.78, 5) is 20.2. The fraction of sp³-hybridized carbons (Fsp3) is 0.130. The number of hydrogen-bond donors (Lipinski definition) is 3. The summed E-state index contributed by atoms with van der Waals surface area (Å²) in [5.41, 5.74) is 0.389. The number of aromatic amines is 1. The maximum atomic E-state index is 15.1. The summed E-state index contributed by atoms with van der Waals surface area (Å²) in [6, 6.07) is 12.7. The lowest BCUT2D eigenvalue weighted by Gasteiger charge is -2.11. The van der Waals surface area contributed by atoms with Gasteiger partial charge in [-0.2, -0.15) is 0 Å². The molecular formula is C23H20F2N4O3S. The van der Waals surface area contributed by atoms with Crippen molar-refractivity contribution in [1.82, 2.24) is 9.97 Å². The maximum absolute atomic E-state index is 15.1. The Hall–Kier alpha value is -3.79. The number of anilines is 3. The van der Waals surface area contributed by atoms with E-state index in [4.69, 9.17) is 0 Å². The van der Waals surface area contributed by atoms with Crippen molar-refractivity contribution in [2.45, 2.75) is 13.3 Å². The number of aromatic nitrogens is 2. The molecule has 0 radical (unpaired) electrons. The Bertz CT molecular complexity index is 1440. The highest BCUT2D eigenvalue weighted by atomic mass is 32.2. The first kappa shape index (κ1) is 22.4. The molecule has 0 bridgehead atoms. The van der Waals surface area contributed by atoms with Crippen molar-refractivity contribution in [2.24, 2.45) is 0 Å². The zero-order valence-electron chi connectivity index (χ0n) is 17.5. The van der Waals surface area contributed by atoms with Gasteiger partial charge in [0.1, 0.15) is 11.5 Å². The first-order chi connectivity index (χ1) is 15.8. The maximum Gasteiger partial charge on any atom is 0.232 e. The number of halogens is 2. The molecule has 0 aliphatic heterocycles. The molecule has 2 aromatic carbocycles. The lowest BCUT2D eigenvalue weighted by Crippen LogP contribution is -2.18. The van der Waals surface area contributed by atoms with Gasteiger partial charge in [-0.05, 0) is 36.8 Å². The zero-order valence-corrected chi connectivity index (χ0v) is 18.3. The molecular weight excluding hydrogens is 450 g/mol. The highest BCUT2D eigenvalue weighted by Crippen LogP contribution is 2.29. The van der Waals surface area contributed by atoms with Crippen LogP contribution in [0.25, 0.3) is 11.0 Å². The number of nitrogens with one attached hydrogen (secondary N) is 3. The predicted octanol–water partition coefficient (Wildman–Crippen LogP) is 4.97. The van der Waals surface area contributed by atoms with E-state index in [1.165, 1.54) is 6.20 Å². The molecule has 4 aromatic rings.